The van der Waals surface area contributed by atoms with Crippen molar-refractivity contribution in [1.29, 1.82) is 0 Å². The van der Waals surface area contributed by atoms with Gasteiger partial charge in [0, 0.05) is 37.0 Å². The Bertz CT molecular complexity index is 2550. The lowest BCUT2D eigenvalue weighted by Gasteiger charge is -2.30. The van der Waals surface area contributed by atoms with Crippen molar-refractivity contribution in [2.24, 2.45) is 0 Å². The van der Waals surface area contributed by atoms with Crippen molar-refractivity contribution >= 4 is 48.6 Å². The van der Waals surface area contributed by atoms with Gasteiger partial charge in [-0.2, -0.15) is 0 Å². The summed E-state index contributed by atoms with van der Waals surface area (Å²) in [5.74, 6) is 0. The molecular weight excluding hydrogens is 623 g/mol. The molecule has 0 amide bonds. The number of nitrogens with zero attached hydrogens (tertiary/aromatic N) is 1. The molecule has 0 saturated carbocycles. The molecule has 0 unspecified atom stereocenters. The van der Waals surface area contributed by atoms with Gasteiger partial charge in [0.1, 0.15) is 0 Å². The number of thiophene rings is 1. The van der Waals surface area contributed by atoms with E-state index in [1.807, 2.05) is 11.3 Å². The van der Waals surface area contributed by atoms with Crippen LogP contribution in [0.25, 0.3) is 64.7 Å². The minimum Gasteiger partial charge on any atom is -0.309 e. The first-order valence-electron chi connectivity index (χ1n) is 17.0. The maximum absolute atomic E-state index is 2.46. The molecule has 0 radical (unpaired) electrons. The van der Waals surface area contributed by atoms with Crippen molar-refractivity contribution < 1.29 is 0 Å². The van der Waals surface area contributed by atoms with E-state index >= 15 is 0 Å². The smallest absolute Gasteiger partial charge is 0.0554 e. The van der Waals surface area contributed by atoms with Gasteiger partial charge in [0.2, 0.25) is 0 Å². The molecule has 50 heavy (non-hydrogen) atoms. The topological polar surface area (TPSA) is 3.24 Å². The molecule has 0 aliphatic rings. The molecule has 1 heterocycles. The second-order valence-electron chi connectivity index (χ2n) is 12.5. The van der Waals surface area contributed by atoms with Gasteiger partial charge in [0.05, 0.1) is 11.4 Å². The van der Waals surface area contributed by atoms with E-state index in [1.165, 1.54) is 64.7 Å². The number of anilines is 3. The number of para-hydroxylation sites is 1. The average molecular weight is 656 g/mol. The third-order valence-electron chi connectivity index (χ3n) is 9.51. The predicted octanol–water partition coefficient (Wildman–Crippen LogP) is 14.2. The molecular formula is C48H33NS. The third-order valence-corrected chi connectivity index (χ3v) is 10.7. The van der Waals surface area contributed by atoms with E-state index in [9.17, 15) is 0 Å². The van der Waals surface area contributed by atoms with Gasteiger partial charge in [0.15, 0.2) is 0 Å². The zero-order valence-electron chi connectivity index (χ0n) is 27.4. The molecule has 0 fully saturated rings. The number of fused-ring (bicyclic) bond motifs is 3. The molecule has 0 spiro atoms. The number of hydrogen-bond acceptors (Lipinski definition) is 2. The van der Waals surface area contributed by atoms with Gasteiger partial charge >= 0.3 is 0 Å². The standard InChI is InChI=1S/C48H33NS/c1-4-14-34(15-5-1)35-24-26-36(27-25-35)37-28-30-40(31-29-37)49(44-22-12-10-20-41(44)38-16-6-2-7-17-38)45-33-32-43-42-21-11-13-23-46(42)50-48(43)47(45)39-18-8-3-9-19-39/h1-33H. The van der Waals surface area contributed by atoms with Crippen LogP contribution in [0, 0.1) is 0 Å². The van der Waals surface area contributed by atoms with Crippen LogP contribution in [0.2, 0.25) is 0 Å². The Morgan fingerprint density at radius 3 is 1.48 bits per heavy atom. The summed E-state index contributed by atoms with van der Waals surface area (Å²) in [6.45, 7) is 0. The lowest BCUT2D eigenvalue weighted by molar-refractivity contribution is 1.29. The minimum absolute atomic E-state index is 1.11. The first-order valence-corrected chi connectivity index (χ1v) is 17.8. The zero-order chi connectivity index (χ0) is 33.3. The second-order valence-corrected chi connectivity index (χ2v) is 13.6. The maximum Gasteiger partial charge on any atom is 0.0554 e. The van der Waals surface area contributed by atoms with Gasteiger partial charge in [-0.1, -0.05) is 170 Å². The third kappa shape index (κ3) is 5.46. The molecule has 2 heteroatoms. The largest absolute Gasteiger partial charge is 0.309 e. The van der Waals surface area contributed by atoms with Crippen molar-refractivity contribution in [2.75, 3.05) is 4.90 Å². The SMILES string of the molecule is c1ccc(-c2ccc(-c3ccc(N(c4ccccc4-c4ccccc4)c4ccc5c(sc6ccccc65)c4-c4ccccc4)cc3)cc2)cc1. The highest BCUT2D eigenvalue weighted by Crippen LogP contribution is 2.50. The summed E-state index contributed by atoms with van der Waals surface area (Å²) in [6.07, 6.45) is 0. The van der Waals surface area contributed by atoms with E-state index in [0.717, 1.165) is 17.1 Å². The fourth-order valence-corrected chi connectivity index (χ4v) is 8.34. The Kier molecular flexibility index (Phi) is 7.77. The quantitative estimate of drug-likeness (QED) is 0.165. The Hall–Kier alpha value is -6.22. The van der Waals surface area contributed by atoms with Crippen molar-refractivity contribution in [1.82, 2.24) is 0 Å². The van der Waals surface area contributed by atoms with E-state index in [-0.39, 0.29) is 0 Å². The lowest BCUT2D eigenvalue weighted by atomic mass is 9.96. The number of hydrogen-bond donors (Lipinski definition) is 0. The van der Waals surface area contributed by atoms with E-state index in [1.54, 1.807) is 0 Å². The molecule has 9 rings (SSSR count). The van der Waals surface area contributed by atoms with Gasteiger partial charge in [-0.3, -0.25) is 0 Å². The molecule has 0 aliphatic heterocycles. The molecule has 0 N–H and O–H groups in total. The van der Waals surface area contributed by atoms with E-state index in [2.05, 4.69) is 205 Å². The molecule has 1 nitrogen and oxygen atoms in total. The van der Waals surface area contributed by atoms with Crippen molar-refractivity contribution in [2.45, 2.75) is 0 Å². The molecule has 236 valence electrons. The first kappa shape index (κ1) is 29.9. The Morgan fingerprint density at radius 1 is 0.320 bits per heavy atom. The highest BCUT2D eigenvalue weighted by Gasteiger charge is 2.23. The lowest BCUT2D eigenvalue weighted by Crippen LogP contribution is -2.12. The summed E-state index contributed by atoms with van der Waals surface area (Å²) in [7, 11) is 0. The fraction of sp³-hybridized carbons (Fsp3) is 0. The van der Waals surface area contributed by atoms with Gasteiger partial charge in [0.25, 0.3) is 0 Å². The monoisotopic (exact) mass is 655 g/mol. The zero-order valence-corrected chi connectivity index (χ0v) is 28.2. The average Bonchev–Trinajstić information content (AvgIpc) is 3.58. The number of benzene rings is 8. The second kappa shape index (κ2) is 13.0. The van der Waals surface area contributed by atoms with Crippen LogP contribution in [0.1, 0.15) is 0 Å². The van der Waals surface area contributed by atoms with Crippen LogP contribution in [0.4, 0.5) is 17.1 Å². The van der Waals surface area contributed by atoms with Crippen LogP contribution < -0.4 is 4.90 Å². The van der Waals surface area contributed by atoms with Crippen LogP contribution in [-0.4, -0.2) is 0 Å². The first-order chi connectivity index (χ1) is 24.8. The van der Waals surface area contributed by atoms with Crippen LogP contribution in [-0.2, 0) is 0 Å². The molecule has 0 atom stereocenters. The predicted molar refractivity (Wildman–Crippen MR) is 216 cm³/mol. The maximum atomic E-state index is 2.46. The fourth-order valence-electron chi connectivity index (χ4n) is 7.08. The molecule has 9 aromatic rings. The van der Waals surface area contributed by atoms with Crippen LogP contribution >= 0.6 is 11.3 Å². The van der Waals surface area contributed by atoms with Gasteiger partial charge < -0.3 is 4.90 Å². The van der Waals surface area contributed by atoms with Crippen molar-refractivity contribution in [3.63, 3.8) is 0 Å². The summed E-state index contributed by atoms with van der Waals surface area (Å²) in [6, 6.07) is 72.3. The Morgan fingerprint density at radius 2 is 0.820 bits per heavy atom. The summed E-state index contributed by atoms with van der Waals surface area (Å²) in [5.41, 5.74) is 13.1. The van der Waals surface area contributed by atoms with Gasteiger partial charge in [-0.05, 0) is 63.7 Å². The van der Waals surface area contributed by atoms with Crippen molar-refractivity contribution in [3.8, 4) is 44.5 Å². The minimum atomic E-state index is 1.11. The van der Waals surface area contributed by atoms with Crippen molar-refractivity contribution in [3.05, 3.63) is 200 Å². The summed E-state index contributed by atoms with van der Waals surface area (Å²) in [5, 5.41) is 2.59. The van der Waals surface area contributed by atoms with Gasteiger partial charge in [-0.15, -0.1) is 11.3 Å². The van der Waals surface area contributed by atoms with Crippen LogP contribution in [0.5, 0.6) is 0 Å². The molecule has 1 aromatic heterocycles. The Labute approximate surface area is 297 Å². The molecule has 0 aliphatic carbocycles. The Balaban J connectivity index is 1.24. The summed E-state index contributed by atoms with van der Waals surface area (Å²) >= 11 is 1.88. The highest BCUT2D eigenvalue weighted by molar-refractivity contribution is 7.26. The molecule has 0 bridgehead atoms. The van der Waals surface area contributed by atoms with Crippen LogP contribution in [0.3, 0.4) is 0 Å². The summed E-state index contributed by atoms with van der Waals surface area (Å²) in [4.78, 5) is 2.46. The van der Waals surface area contributed by atoms with E-state index in [4.69, 9.17) is 0 Å². The van der Waals surface area contributed by atoms with E-state index < -0.39 is 0 Å². The van der Waals surface area contributed by atoms with E-state index in [0.29, 0.717) is 0 Å². The molecule has 8 aromatic carbocycles. The molecule has 0 saturated heterocycles. The summed E-state index contributed by atoms with van der Waals surface area (Å²) < 4.78 is 2.60. The highest BCUT2D eigenvalue weighted by atomic mass is 32.1. The normalized spacial score (nSPS) is 11.2. The number of rotatable bonds is 7. The van der Waals surface area contributed by atoms with Gasteiger partial charge in [-0.25, -0.2) is 0 Å². The van der Waals surface area contributed by atoms with Crippen LogP contribution in [0.15, 0.2) is 200 Å².